The van der Waals surface area contributed by atoms with E-state index in [0.717, 1.165) is 17.0 Å². The number of nitrogens with one attached hydrogen (secondary N) is 1. The Morgan fingerprint density at radius 1 is 1.23 bits per heavy atom. The molecule has 2 aromatic rings. The highest BCUT2D eigenvalue weighted by Crippen LogP contribution is 2.24. The van der Waals surface area contributed by atoms with Gasteiger partial charge in [0.15, 0.2) is 0 Å². The van der Waals surface area contributed by atoms with Crippen LogP contribution in [0.25, 0.3) is 0 Å². The lowest BCUT2D eigenvalue weighted by Crippen LogP contribution is -2.58. The van der Waals surface area contributed by atoms with Crippen molar-refractivity contribution in [3.63, 3.8) is 0 Å². The van der Waals surface area contributed by atoms with E-state index in [1.807, 2.05) is 45.0 Å². The van der Waals surface area contributed by atoms with Gasteiger partial charge in [-0.15, -0.1) is 0 Å². The molecule has 1 aromatic carbocycles. The van der Waals surface area contributed by atoms with Crippen LogP contribution in [-0.2, 0) is 9.59 Å². The summed E-state index contributed by atoms with van der Waals surface area (Å²) >= 11 is 0. The first-order valence-electron chi connectivity index (χ1n) is 8.13. The van der Waals surface area contributed by atoms with Crippen molar-refractivity contribution in [3.05, 3.63) is 47.3 Å². The second kappa shape index (κ2) is 6.91. The largest absolute Gasteiger partial charge is 0.480 e. The monoisotopic (exact) mass is 353 g/mol. The Kier molecular flexibility index (Phi) is 4.66. The van der Waals surface area contributed by atoms with Crippen molar-refractivity contribution >= 4 is 29.5 Å². The summed E-state index contributed by atoms with van der Waals surface area (Å²) in [7, 11) is 0. The van der Waals surface area contributed by atoms with E-state index in [1.165, 1.54) is 4.90 Å². The topological polar surface area (TPSA) is 108 Å². The number of amides is 1. The average molecular weight is 353 g/mol. The molecule has 0 radical (unpaired) electrons. The Balaban J connectivity index is 2.13. The third kappa shape index (κ3) is 3.69. The molecule has 1 saturated heterocycles. The molecule has 0 spiro atoms. The molecule has 0 bridgehead atoms. The van der Waals surface area contributed by atoms with Gasteiger partial charge in [0.05, 0.1) is 6.42 Å². The second-order valence-corrected chi connectivity index (χ2v) is 6.20. The summed E-state index contributed by atoms with van der Waals surface area (Å²) in [5, 5.41) is 12.3. The molecule has 134 valence electrons. The van der Waals surface area contributed by atoms with Crippen molar-refractivity contribution in [1.82, 2.24) is 15.3 Å². The Morgan fingerprint density at radius 2 is 1.92 bits per heavy atom. The maximum Gasteiger partial charge on any atom is 0.327 e. The van der Waals surface area contributed by atoms with Crippen LogP contribution >= 0.6 is 0 Å². The van der Waals surface area contributed by atoms with Crippen molar-refractivity contribution in [2.24, 2.45) is 4.99 Å². The van der Waals surface area contributed by atoms with Crippen LogP contribution in [0.1, 0.15) is 23.4 Å². The van der Waals surface area contributed by atoms with Gasteiger partial charge in [-0.3, -0.25) is 15.0 Å². The normalized spacial score (nSPS) is 18.7. The summed E-state index contributed by atoms with van der Waals surface area (Å²) in [4.78, 5) is 38.1. The molecule has 1 aliphatic heterocycles. The Hall–Kier alpha value is -3.29. The number of anilines is 1. The molecule has 8 nitrogen and oxygen atoms in total. The molecule has 1 amide bonds. The fourth-order valence-electron chi connectivity index (χ4n) is 2.86. The minimum atomic E-state index is -1.10. The number of aromatic nitrogens is 2. The van der Waals surface area contributed by atoms with Gasteiger partial charge < -0.3 is 5.11 Å². The first kappa shape index (κ1) is 17.5. The molecular weight excluding hydrogens is 334 g/mol. The summed E-state index contributed by atoms with van der Waals surface area (Å²) in [6, 6.07) is 8.09. The van der Waals surface area contributed by atoms with Gasteiger partial charge in [0.1, 0.15) is 6.04 Å². The van der Waals surface area contributed by atoms with Crippen LogP contribution in [0.5, 0.6) is 0 Å². The summed E-state index contributed by atoms with van der Waals surface area (Å²) < 4.78 is 0. The summed E-state index contributed by atoms with van der Waals surface area (Å²) in [5.41, 5.74) is 3.05. The smallest absolute Gasteiger partial charge is 0.327 e. The number of hydrogen-bond acceptors (Lipinski definition) is 5. The number of carboxylic acid groups (broad SMARTS) is 1. The summed E-state index contributed by atoms with van der Waals surface area (Å²) in [5.74, 6) is -1.24. The van der Waals surface area contributed by atoms with Crippen LogP contribution in [-0.4, -0.2) is 39.0 Å². The van der Waals surface area contributed by atoms with Crippen molar-refractivity contribution in [1.29, 1.82) is 0 Å². The van der Waals surface area contributed by atoms with E-state index in [1.54, 1.807) is 6.07 Å². The molecule has 1 aliphatic rings. The highest BCUT2D eigenvalue weighted by molar-refractivity contribution is 6.13. The number of benzene rings is 1. The number of aliphatic imine (C=N–C) groups is 1. The zero-order valence-electron chi connectivity index (χ0n) is 14.7. The molecule has 1 aromatic heterocycles. The number of nitrogens with zero attached hydrogens (tertiary/aromatic N) is 4. The maximum atomic E-state index is 12.0. The minimum Gasteiger partial charge on any atom is -0.480 e. The van der Waals surface area contributed by atoms with Crippen molar-refractivity contribution in [2.75, 3.05) is 4.90 Å². The molecule has 8 heteroatoms. The number of carbonyl (C=O) groups excluding carboxylic acids is 1. The zero-order chi connectivity index (χ0) is 18.8. The second-order valence-electron chi connectivity index (χ2n) is 6.20. The van der Waals surface area contributed by atoms with E-state index < -0.39 is 17.9 Å². The minimum absolute atomic E-state index is 0.101. The zero-order valence-corrected chi connectivity index (χ0v) is 14.7. The van der Waals surface area contributed by atoms with E-state index in [2.05, 4.69) is 20.3 Å². The Bertz CT molecular complexity index is 889. The van der Waals surface area contributed by atoms with Crippen LogP contribution in [0.15, 0.2) is 35.3 Å². The van der Waals surface area contributed by atoms with Crippen molar-refractivity contribution in [2.45, 2.75) is 33.2 Å². The maximum absolute atomic E-state index is 12.0. The number of carbonyl (C=O) groups is 2. The van der Waals surface area contributed by atoms with Gasteiger partial charge in [-0.1, -0.05) is 12.1 Å². The number of rotatable bonds is 3. The molecule has 1 atom stereocenters. The molecule has 2 heterocycles. The molecule has 0 saturated carbocycles. The SMILES string of the molecule is Cc1cccc(N2C(=Nc3nc(C)cc(C)n3)NC(=O)C[C@@H]2C(=O)O)c1. The first-order valence-corrected chi connectivity index (χ1v) is 8.13. The third-order valence-corrected chi connectivity index (χ3v) is 3.91. The molecule has 26 heavy (non-hydrogen) atoms. The summed E-state index contributed by atoms with van der Waals surface area (Å²) in [6.45, 7) is 5.54. The van der Waals surface area contributed by atoms with Crippen molar-refractivity contribution in [3.8, 4) is 0 Å². The number of aliphatic carboxylic acids is 1. The lowest BCUT2D eigenvalue weighted by molar-refractivity contribution is -0.140. The standard InChI is InChI=1S/C18H19N5O3/c1-10-5-4-6-13(7-10)23-14(16(25)26)9-15(24)21-18(23)22-17-19-11(2)8-12(3)20-17/h4-8,14H,9H2,1-3H3,(H,25,26)(H,19,20,21,22,24)/t14-/m1/s1. The van der Waals surface area contributed by atoms with Gasteiger partial charge in [-0.25, -0.2) is 14.8 Å². The van der Waals surface area contributed by atoms with E-state index in [9.17, 15) is 14.7 Å². The van der Waals surface area contributed by atoms with Crippen LogP contribution in [0.2, 0.25) is 0 Å². The van der Waals surface area contributed by atoms with Gasteiger partial charge in [-0.05, 0) is 44.5 Å². The Morgan fingerprint density at radius 3 is 2.54 bits per heavy atom. The highest BCUT2D eigenvalue weighted by Gasteiger charge is 2.37. The average Bonchev–Trinajstić information content (AvgIpc) is 2.53. The van der Waals surface area contributed by atoms with Gasteiger partial charge in [0.2, 0.25) is 11.9 Å². The van der Waals surface area contributed by atoms with Crippen molar-refractivity contribution < 1.29 is 14.7 Å². The number of guanidine groups is 1. The van der Waals surface area contributed by atoms with Gasteiger partial charge in [-0.2, -0.15) is 4.99 Å². The predicted molar refractivity (Wildman–Crippen MR) is 96.4 cm³/mol. The van der Waals surface area contributed by atoms with Crippen LogP contribution in [0.3, 0.4) is 0 Å². The number of aryl methyl sites for hydroxylation is 3. The van der Waals surface area contributed by atoms with Gasteiger partial charge in [0.25, 0.3) is 5.95 Å². The van der Waals surface area contributed by atoms with Gasteiger partial charge in [0, 0.05) is 17.1 Å². The quantitative estimate of drug-likeness (QED) is 0.872. The number of hydrogen-bond donors (Lipinski definition) is 2. The van der Waals surface area contributed by atoms with E-state index in [4.69, 9.17) is 0 Å². The van der Waals surface area contributed by atoms with E-state index >= 15 is 0 Å². The van der Waals surface area contributed by atoms with E-state index in [-0.39, 0.29) is 18.3 Å². The van der Waals surface area contributed by atoms with Gasteiger partial charge >= 0.3 is 5.97 Å². The third-order valence-electron chi connectivity index (χ3n) is 3.91. The summed E-state index contributed by atoms with van der Waals surface area (Å²) in [6.07, 6.45) is -0.171. The lowest BCUT2D eigenvalue weighted by atomic mass is 10.1. The molecule has 2 N–H and O–H groups in total. The predicted octanol–water partition coefficient (Wildman–Crippen LogP) is 1.87. The fourth-order valence-corrected chi connectivity index (χ4v) is 2.86. The van der Waals surface area contributed by atoms with Crippen LogP contribution in [0.4, 0.5) is 11.6 Å². The van der Waals surface area contributed by atoms with E-state index in [0.29, 0.717) is 5.69 Å². The lowest BCUT2D eigenvalue weighted by Gasteiger charge is -2.35. The van der Waals surface area contributed by atoms with Crippen LogP contribution < -0.4 is 10.2 Å². The van der Waals surface area contributed by atoms with Crippen LogP contribution in [0, 0.1) is 20.8 Å². The fraction of sp³-hybridized carbons (Fsp3) is 0.278. The first-order chi connectivity index (χ1) is 12.3. The molecule has 0 aliphatic carbocycles. The molecule has 3 rings (SSSR count). The highest BCUT2D eigenvalue weighted by atomic mass is 16.4. The molecular formula is C18H19N5O3. The molecule has 1 fully saturated rings. The Labute approximate surface area is 150 Å². The molecule has 0 unspecified atom stereocenters. The number of carboxylic acids is 1.